The van der Waals surface area contributed by atoms with E-state index in [-0.39, 0.29) is 10.6 Å². The number of ether oxygens (including phenoxy) is 1. The van der Waals surface area contributed by atoms with Gasteiger partial charge >= 0.3 is 0 Å². The Morgan fingerprint density at radius 3 is 2.24 bits per heavy atom. The summed E-state index contributed by atoms with van der Waals surface area (Å²) in [5.41, 5.74) is 2.85. The highest BCUT2D eigenvalue weighted by molar-refractivity contribution is 7.92. The van der Waals surface area contributed by atoms with Crippen molar-refractivity contribution < 1.29 is 17.5 Å². The van der Waals surface area contributed by atoms with Crippen molar-refractivity contribution in [2.24, 2.45) is 0 Å². The summed E-state index contributed by atoms with van der Waals surface area (Å²) >= 11 is 0. The summed E-state index contributed by atoms with van der Waals surface area (Å²) in [6, 6.07) is 15.5. The molecule has 2 heterocycles. The summed E-state index contributed by atoms with van der Waals surface area (Å²) in [7, 11) is -2.65. The van der Waals surface area contributed by atoms with Gasteiger partial charge in [-0.3, -0.25) is 4.72 Å². The molecule has 33 heavy (non-hydrogen) atoms. The van der Waals surface area contributed by atoms with Gasteiger partial charge in [0.25, 0.3) is 10.0 Å². The summed E-state index contributed by atoms with van der Waals surface area (Å²) in [5.74, 6) is 0.327. The molecule has 0 spiro atoms. The molecule has 0 aliphatic rings. The molecule has 4 aromatic rings. The minimum absolute atomic E-state index is 0.0321. The quantitative estimate of drug-likeness (QED) is 0.422. The third-order valence-electron chi connectivity index (χ3n) is 4.72. The number of hydrogen-bond donors (Lipinski definition) is 2. The van der Waals surface area contributed by atoms with Gasteiger partial charge in [0, 0.05) is 17.1 Å². The molecular formula is C22H21FN6O3S. The Morgan fingerprint density at radius 1 is 0.939 bits per heavy atom. The molecule has 11 heteroatoms. The fourth-order valence-corrected chi connectivity index (χ4v) is 4.23. The normalized spacial score (nSPS) is 11.3. The number of nitrogens with one attached hydrogen (secondary N) is 2. The van der Waals surface area contributed by atoms with Gasteiger partial charge < -0.3 is 10.1 Å². The molecule has 0 aliphatic heterocycles. The number of halogens is 1. The Balaban J connectivity index is 1.44. The van der Waals surface area contributed by atoms with Crippen LogP contribution in [0.4, 0.5) is 21.6 Å². The number of benzene rings is 2. The first kappa shape index (κ1) is 22.2. The molecule has 0 aliphatic carbocycles. The summed E-state index contributed by atoms with van der Waals surface area (Å²) in [5, 5.41) is 15.8. The van der Waals surface area contributed by atoms with E-state index < -0.39 is 15.8 Å². The standard InChI is InChI=1S/C22H21FN6O3S/c1-14-12-15(2)29(27-14)22-11-10-21(25-26-22)24-16-4-6-17(7-5-16)28-33(30,31)18-8-9-20(32-3)19(23)13-18/h4-13,28H,1-3H3,(H,24,25). The van der Waals surface area contributed by atoms with Crippen molar-refractivity contribution >= 4 is 27.2 Å². The lowest BCUT2D eigenvalue weighted by Crippen LogP contribution is -2.13. The molecule has 170 valence electrons. The number of sulfonamides is 1. The Hall–Kier alpha value is -3.99. The van der Waals surface area contributed by atoms with Crippen molar-refractivity contribution in [3.63, 3.8) is 0 Å². The minimum atomic E-state index is -3.96. The van der Waals surface area contributed by atoms with Gasteiger partial charge in [0.1, 0.15) is 0 Å². The van der Waals surface area contributed by atoms with Crippen LogP contribution < -0.4 is 14.8 Å². The van der Waals surface area contributed by atoms with Crippen LogP contribution in [0, 0.1) is 19.7 Å². The van der Waals surface area contributed by atoms with Gasteiger partial charge in [-0.15, -0.1) is 10.2 Å². The Kier molecular flexibility index (Phi) is 5.97. The van der Waals surface area contributed by atoms with Crippen molar-refractivity contribution in [2.45, 2.75) is 18.7 Å². The molecule has 2 aromatic heterocycles. The first-order valence-corrected chi connectivity index (χ1v) is 11.3. The fourth-order valence-electron chi connectivity index (χ4n) is 3.16. The van der Waals surface area contributed by atoms with Crippen LogP contribution in [0.5, 0.6) is 5.75 Å². The number of rotatable bonds is 7. The zero-order chi connectivity index (χ0) is 23.6. The molecule has 0 saturated heterocycles. The molecule has 9 nitrogen and oxygen atoms in total. The van der Waals surface area contributed by atoms with Crippen LogP contribution in [0.2, 0.25) is 0 Å². The predicted octanol–water partition coefficient (Wildman–Crippen LogP) is 3.97. The number of aromatic nitrogens is 4. The molecule has 2 N–H and O–H groups in total. The predicted molar refractivity (Wildman–Crippen MR) is 122 cm³/mol. The molecule has 0 atom stereocenters. The van der Waals surface area contributed by atoms with E-state index >= 15 is 0 Å². The van der Waals surface area contributed by atoms with Crippen LogP contribution in [0.15, 0.2) is 65.6 Å². The van der Waals surface area contributed by atoms with Crippen LogP contribution in [0.25, 0.3) is 5.82 Å². The zero-order valence-corrected chi connectivity index (χ0v) is 18.9. The topological polar surface area (TPSA) is 111 Å². The molecular weight excluding hydrogens is 447 g/mol. The number of hydrogen-bond acceptors (Lipinski definition) is 7. The van der Waals surface area contributed by atoms with Crippen LogP contribution in [0.1, 0.15) is 11.4 Å². The highest BCUT2D eigenvalue weighted by atomic mass is 32.2. The first-order valence-electron chi connectivity index (χ1n) is 9.86. The molecule has 0 saturated carbocycles. The van der Waals surface area contributed by atoms with Crippen LogP contribution >= 0.6 is 0 Å². The van der Waals surface area contributed by atoms with Crippen LogP contribution in [-0.2, 0) is 10.0 Å². The van der Waals surface area contributed by atoms with E-state index in [4.69, 9.17) is 4.74 Å². The van der Waals surface area contributed by atoms with Crippen LogP contribution in [0.3, 0.4) is 0 Å². The molecule has 2 aromatic carbocycles. The highest BCUT2D eigenvalue weighted by Crippen LogP contribution is 2.24. The monoisotopic (exact) mass is 468 g/mol. The number of nitrogens with zero attached hydrogens (tertiary/aromatic N) is 4. The molecule has 4 rings (SSSR count). The summed E-state index contributed by atoms with van der Waals surface area (Å²) in [6.07, 6.45) is 0. The van der Waals surface area contributed by atoms with E-state index in [1.54, 1.807) is 41.1 Å². The number of methoxy groups -OCH3 is 1. The van der Waals surface area contributed by atoms with Gasteiger partial charge in [-0.1, -0.05) is 0 Å². The summed E-state index contributed by atoms with van der Waals surface area (Å²) in [6.45, 7) is 3.85. The lowest BCUT2D eigenvalue weighted by Gasteiger charge is -2.11. The SMILES string of the molecule is COc1ccc(S(=O)(=O)Nc2ccc(Nc3ccc(-n4nc(C)cc4C)nn3)cc2)cc1F. The molecule has 0 bridgehead atoms. The molecule has 0 unspecified atom stereocenters. The maximum absolute atomic E-state index is 13.9. The second-order valence-corrected chi connectivity index (χ2v) is 8.90. The van der Waals surface area contributed by atoms with E-state index in [0.717, 1.165) is 17.5 Å². The molecule has 0 radical (unpaired) electrons. The molecule has 0 fully saturated rings. The van der Waals surface area contributed by atoms with Gasteiger partial charge in [0.15, 0.2) is 23.2 Å². The van der Waals surface area contributed by atoms with Crippen LogP contribution in [-0.4, -0.2) is 35.5 Å². The summed E-state index contributed by atoms with van der Waals surface area (Å²) < 4.78 is 47.9. The van der Waals surface area contributed by atoms with Crippen molar-refractivity contribution in [1.82, 2.24) is 20.0 Å². The maximum Gasteiger partial charge on any atom is 0.262 e. The van der Waals surface area contributed by atoms with E-state index in [0.29, 0.717) is 23.0 Å². The lowest BCUT2D eigenvalue weighted by molar-refractivity contribution is 0.385. The number of aryl methyl sites for hydroxylation is 2. The Labute approximate surface area is 190 Å². The van der Waals surface area contributed by atoms with Gasteiger partial charge in [-0.2, -0.15) is 5.10 Å². The minimum Gasteiger partial charge on any atom is -0.494 e. The third-order valence-corrected chi connectivity index (χ3v) is 6.10. The van der Waals surface area contributed by atoms with E-state index in [2.05, 4.69) is 25.3 Å². The smallest absolute Gasteiger partial charge is 0.262 e. The third kappa shape index (κ3) is 4.93. The van der Waals surface area contributed by atoms with E-state index in [1.807, 2.05) is 19.9 Å². The highest BCUT2D eigenvalue weighted by Gasteiger charge is 2.17. The van der Waals surface area contributed by atoms with Gasteiger partial charge in [0.2, 0.25) is 0 Å². The van der Waals surface area contributed by atoms with E-state index in [9.17, 15) is 12.8 Å². The Bertz CT molecular complexity index is 1390. The summed E-state index contributed by atoms with van der Waals surface area (Å²) in [4.78, 5) is -0.207. The lowest BCUT2D eigenvalue weighted by atomic mass is 10.3. The average molecular weight is 469 g/mol. The largest absolute Gasteiger partial charge is 0.494 e. The maximum atomic E-state index is 13.9. The second kappa shape index (κ2) is 8.87. The van der Waals surface area contributed by atoms with Crippen molar-refractivity contribution in [1.29, 1.82) is 0 Å². The fraction of sp³-hybridized carbons (Fsp3) is 0.136. The zero-order valence-electron chi connectivity index (χ0n) is 18.1. The van der Waals surface area contributed by atoms with Gasteiger partial charge in [-0.05, 0) is 74.5 Å². The average Bonchev–Trinajstić information content (AvgIpc) is 3.13. The van der Waals surface area contributed by atoms with Crippen molar-refractivity contribution in [3.05, 3.63) is 77.9 Å². The van der Waals surface area contributed by atoms with Gasteiger partial charge in [0.05, 0.1) is 17.7 Å². The second-order valence-electron chi connectivity index (χ2n) is 7.22. The molecule has 0 amide bonds. The van der Waals surface area contributed by atoms with Crippen molar-refractivity contribution in [2.75, 3.05) is 17.1 Å². The van der Waals surface area contributed by atoms with E-state index in [1.165, 1.54) is 19.2 Å². The first-order chi connectivity index (χ1) is 15.7. The Morgan fingerprint density at radius 2 is 1.67 bits per heavy atom. The number of anilines is 3. The van der Waals surface area contributed by atoms with Crippen molar-refractivity contribution in [3.8, 4) is 11.6 Å². The van der Waals surface area contributed by atoms with Gasteiger partial charge in [-0.25, -0.2) is 17.5 Å².